The fourth-order valence-electron chi connectivity index (χ4n) is 9.63. The van der Waals surface area contributed by atoms with Gasteiger partial charge < -0.3 is 14.2 Å². The minimum Gasteiger partial charge on any atom is -0.462 e. The van der Waals surface area contributed by atoms with Crippen molar-refractivity contribution in [2.45, 2.75) is 341 Å². The van der Waals surface area contributed by atoms with E-state index >= 15 is 0 Å². The first kappa shape index (κ1) is 74.6. The summed E-state index contributed by atoms with van der Waals surface area (Å²) in [7, 11) is 0. The Bertz CT molecular complexity index is 1480. The highest BCUT2D eigenvalue weighted by atomic mass is 16.6. The molecule has 0 aromatic heterocycles. The van der Waals surface area contributed by atoms with Crippen LogP contribution in [0.15, 0.2) is 85.1 Å². The average molecular weight is 1090 g/mol. The van der Waals surface area contributed by atoms with Gasteiger partial charge in [-0.3, -0.25) is 14.4 Å². The highest BCUT2D eigenvalue weighted by Gasteiger charge is 2.19. The number of esters is 3. The van der Waals surface area contributed by atoms with Crippen LogP contribution in [-0.2, 0) is 28.6 Å². The molecule has 1 unspecified atom stereocenters. The van der Waals surface area contributed by atoms with Gasteiger partial charge in [0.1, 0.15) is 13.2 Å². The summed E-state index contributed by atoms with van der Waals surface area (Å²) in [5.41, 5.74) is 0. The molecule has 0 aliphatic heterocycles. The van der Waals surface area contributed by atoms with Gasteiger partial charge in [0.25, 0.3) is 0 Å². The fourth-order valence-corrected chi connectivity index (χ4v) is 9.63. The monoisotopic (exact) mass is 1090 g/mol. The minimum absolute atomic E-state index is 0.0931. The highest BCUT2D eigenvalue weighted by Crippen LogP contribution is 2.17. The fraction of sp³-hybridized carbons (Fsp3) is 0.764. The van der Waals surface area contributed by atoms with Crippen LogP contribution in [0, 0.1) is 0 Å². The molecular weight excluding hydrogens is 961 g/mol. The van der Waals surface area contributed by atoms with Gasteiger partial charge in [0.05, 0.1) is 0 Å². The molecule has 0 amide bonds. The zero-order valence-corrected chi connectivity index (χ0v) is 51.7. The molecule has 0 spiro atoms. The third kappa shape index (κ3) is 63.4. The molecule has 450 valence electrons. The summed E-state index contributed by atoms with van der Waals surface area (Å²) in [6.07, 6.45) is 87.5. The summed E-state index contributed by atoms with van der Waals surface area (Å²) < 4.78 is 16.9. The maximum Gasteiger partial charge on any atom is 0.306 e. The lowest BCUT2D eigenvalue weighted by Crippen LogP contribution is -2.30. The number of ether oxygens (including phenoxy) is 3. The molecule has 0 N–H and O–H groups in total. The lowest BCUT2D eigenvalue weighted by atomic mass is 10.0. The van der Waals surface area contributed by atoms with Gasteiger partial charge >= 0.3 is 17.9 Å². The van der Waals surface area contributed by atoms with Crippen molar-refractivity contribution in [3.8, 4) is 0 Å². The van der Waals surface area contributed by atoms with Crippen LogP contribution in [0.1, 0.15) is 335 Å². The molecule has 0 aromatic rings. The predicted molar refractivity (Wildman–Crippen MR) is 339 cm³/mol. The van der Waals surface area contributed by atoms with Crippen LogP contribution in [0.2, 0.25) is 0 Å². The Balaban J connectivity index is 4.40. The Labute approximate surface area is 484 Å². The van der Waals surface area contributed by atoms with Gasteiger partial charge in [-0.05, 0) is 89.9 Å². The Kier molecular flexibility index (Phi) is 63.2. The second kappa shape index (κ2) is 66.1. The van der Waals surface area contributed by atoms with Gasteiger partial charge in [-0.2, -0.15) is 0 Å². The first-order valence-electron chi connectivity index (χ1n) is 33.6. The van der Waals surface area contributed by atoms with E-state index < -0.39 is 6.10 Å². The summed E-state index contributed by atoms with van der Waals surface area (Å²) in [6.45, 7) is 6.51. The summed E-state index contributed by atoms with van der Waals surface area (Å²) in [5, 5.41) is 0. The van der Waals surface area contributed by atoms with Crippen LogP contribution in [-0.4, -0.2) is 37.2 Å². The number of hydrogen-bond donors (Lipinski definition) is 0. The Hall–Kier alpha value is -3.41. The lowest BCUT2D eigenvalue weighted by molar-refractivity contribution is -0.167. The van der Waals surface area contributed by atoms with Crippen molar-refractivity contribution in [3.63, 3.8) is 0 Å². The van der Waals surface area contributed by atoms with E-state index in [9.17, 15) is 14.4 Å². The van der Waals surface area contributed by atoms with Crippen LogP contribution < -0.4 is 0 Å². The van der Waals surface area contributed by atoms with Crippen LogP contribution >= 0.6 is 0 Å². The molecule has 0 radical (unpaired) electrons. The topological polar surface area (TPSA) is 78.9 Å². The van der Waals surface area contributed by atoms with Gasteiger partial charge in [0.2, 0.25) is 0 Å². The van der Waals surface area contributed by atoms with Gasteiger partial charge in [-0.1, -0.05) is 311 Å². The Morgan fingerprint density at radius 2 is 0.513 bits per heavy atom. The average Bonchev–Trinajstić information content (AvgIpc) is 3.44. The highest BCUT2D eigenvalue weighted by molar-refractivity contribution is 5.71. The van der Waals surface area contributed by atoms with Crippen LogP contribution in [0.4, 0.5) is 0 Å². The molecule has 78 heavy (non-hydrogen) atoms. The van der Waals surface area contributed by atoms with Gasteiger partial charge in [0, 0.05) is 19.3 Å². The molecule has 0 rings (SSSR count). The van der Waals surface area contributed by atoms with E-state index in [2.05, 4.69) is 106 Å². The van der Waals surface area contributed by atoms with Gasteiger partial charge in [-0.15, -0.1) is 0 Å². The van der Waals surface area contributed by atoms with E-state index in [1.165, 1.54) is 205 Å². The van der Waals surface area contributed by atoms with E-state index in [1.54, 1.807) is 0 Å². The second-order valence-corrected chi connectivity index (χ2v) is 22.4. The third-order valence-electron chi connectivity index (χ3n) is 14.6. The van der Waals surface area contributed by atoms with Crippen LogP contribution in [0.3, 0.4) is 0 Å². The molecule has 0 bridgehead atoms. The minimum atomic E-state index is -0.803. The maximum atomic E-state index is 12.9. The molecular formula is C72H126O6. The van der Waals surface area contributed by atoms with Gasteiger partial charge in [0.15, 0.2) is 6.10 Å². The molecule has 0 aliphatic rings. The number of carbonyl (C=O) groups excluding carboxylic acids is 3. The van der Waals surface area contributed by atoms with Crippen molar-refractivity contribution >= 4 is 17.9 Å². The quantitative estimate of drug-likeness (QED) is 0.0261. The first-order chi connectivity index (χ1) is 38.5. The zero-order valence-electron chi connectivity index (χ0n) is 51.7. The molecule has 6 heteroatoms. The summed E-state index contributed by atoms with van der Waals surface area (Å²) in [6, 6.07) is 0. The number of unbranched alkanes of at least 4 members (excludes halogenated alkanes) is 36. The number of hydrogen-bond acceptors (Lipinski definition) is 6. The van der Waals surface area contributed by atoms with E-state index in [1.807, 2.05) is 0 Å². The van der Waals surface area contributed by atoms with Crippen LogP contribution in [0.25, 0.3) is 0 Å². The number of carbonyl (C=O) groups is 3. The maximum absolute atomic E-state index is 12.9. The SMILES string of the molecule is CC/C=C\C/C=C\C/C=C\C/C=C\C/C=C\CCCC(=O)OCC(COC(=O)CCCCCCCCCCCCCCCCCCCCCCCC)OC(=O)CCCCCCCCCCC/C=C\C/C=C\CCCCCCC. The molecule has 0 aromatic carbocycles. The molecule has 6 nitrogen and oxygen atoms in total. The Morgan fingerprint density at radius 3 is 0.833 bits per heavy atom. The van der Waals surface area contributed by atoms with Crippen molar-refractivity contribution in [2.75, 3.05) is 13.2 Å². The van der Waals surface area contributed by atoms with E-state index in [0.29, 0.717) is 19.3 Å². The molecule has 0 aliphatic carbocycles. The van der Waals surface area contributed by atoms with Crippen LogP contribution in [0.5, 0.6) is 0 Å². The largest absolute Gasteiger partial charge is 0.462 e. The summed E-state index contributed by atoms with van der Waals surface area (Å²) >= 11 is 0. The van der Waals surface area contributed by atoms with Gasteiger partial charge in [-0.25, -0.2) is 0 Å². The normalized spacial score (nSPS) is 12.6. The lowest BCUT2D eigenvalue weighted by Gasteiger charge is -2.18. The molecule has 0 fully saturated rings. The molecule has 0 saturated heterocycles. The van der Waals surface area contributed by atoms with E-state index in [0.717, 1.165) is 83.5 Å². The van der Waals surface area contributed by atoms with Crippen molar-refractivity contribution < 1.29 is 28.6 Å². The first-order valence-corrected chi connectivity index (χ1v) is 33.6. The number of rotatable bonds is 61. The van der Waals surface area contributed by atoms with Crippen molar-refractivity contribution in [2.24, 2.45) is 0 Å². The summed E-state index contributed by atoms with van der Waals surface area (Å²) in [5.74, 6) is -0.942. The molecule has 0 saturated carbocycles. The zero-order chi connectivity index (χ0) is 56.4. The van der Waals surface area contributed by atoms with Crippen molar-refractivity contribution in [3.05, 3.63) is 85.1 Å². The molecule has 0 heterocycles. The molecule has 1 atom stereocenters. The number of allylic oxidation sites excluding steroid dienone is 14. The van der Waals surface area contributed by atoms with Crippen molar-refractivity contribution in [1.29, 1.82) is 0 Å². The van der Waals surface area contributed by atoms with E-state index in [-0.39, 0.29) is 37.5 Å². The van der Waals surface area contributed by atoms with E-state index in [4.69, 9.17) is 14.2 Å². The summed E-state index contributed by atoms with van der Waals surface area (Å²) in [4.78, 5) is 38.4. The standard InChI is InChI=1S/C72H126O6/c1-4-7-10-13-16-19-22-25-28-31-33-35-37-38-41-44-47-50-53-56-59-62-65-71(74)77-68-69(67-76-70(73)64-61-58-55-52-49-46-43-40-30-27-24-21-18-15-12-9-6-3)78-72(75)66-63-60-57-54-51-48-45-42-39-36-34-32-29-26-23-20-17-14-11-8-5-2/h9,12,18,21,23,26-27,30,32,34,43,46,52,55,69H,4-8,10-11,13-17,19-20,22,24-25,28-29,31,33,35-42,44-45,47-51,53-54,56-68H2,1-3H3/b12-9-,21-18-,26-23-,30-27-,34-32-,46-43-,55-52-. The van der Waals surface area contributed by atoms with Crippen molar-refractivity contribution in [1.82, 2.24) is 0 Å². The smallest absolute Gasteiger partial charge is 0.306 e. The Morgan fingerprint density at radius 1 is 0.269 bits per heavy atom. The predicted octanol–water partition coefficient (Wildman–Crippen LogP) is 23.1. The second-order valence-electron chi connectivity index (χ2n) is 22.4. The third-order valence-corrected chi connectivity index (χ3v) is 14.6.